The van der Waals surface area contributed by atoms with E-state index in [0.717, 1.165) is 25.2 Å². The fourth-order valence-electron chi connectivity index (χ4n) is 2.20. The van der Waals surface area contributed by atoms with Gasteiger partial charge in [0.1, 0.15) is 12.1 Å². The number of ether oxygens (including phenoxy) is 1. The third-order valence-electron chi connectivity index (χ3n) is 2.97. The van der Waals surface area contributed by atoms with Crippen LogP contribution in [0, 0.1) is 0 Å². The zero-order valence-corrected chi connectivity index (χ0v) is 11.3. The van der Waals surface area contributed by atoms with Crippen LogP contribution >= 0.6 is 0 Å². The van der Waals surface area contributed by atoms with Gasteiger partial charge < -0.3 is 15.4 Å². The maximum atomic E-state index is 5.56. The van der Waals surface area contributed by atoms with Crippen LogP contribution in [0.5, 0.6) is 5.88 Å². The zero-order chi connectivity index (χ0) is 13.0. The molecule has 0 bridgehead atoms. The number of hydrogen-bond acceptors (Lipinski definition) is 5. The van der Waals surface area contributed by atoms with Gasteiger partial charge in [0.2, 0.25) is 5.88 Å². The molecule has 2 atom stereocenters. The van der Waals surface area contributed by atoms with Crippen molar-refractivity contribution >= 4 is 5.82 Å². The highest BCUT2D eigenvalue weighted by molar-refractivity contribution is 5.38. The van der Waals surface area contributed by atoms with E-state index in [-0.39, 0.29) is 6.10 Å². The summed E-state index contributed by atoms with van der Waals surface area (Å²) in [6.45, 7) is 7.24. The van der Waals surface area contributed by atoms with Gasteiger partial charge >= 0.3 is 0 Å². The Hall–Kier alpha value is -1.36. The van der Waals surface area contributed by atoms with Crippen molar-refractivity contribution < 1.29 is 4.74 Å². The van der Waals surface area contributed by atoms with E-state index in [1.165, 1.54) is 0 Å². The Kier molecular flexibility index (Phi) is 4.36. The molecule has 1 aliphatic heterocycles. The standard InChI is InChI=1S/C13H22N4O/c1-9(2)18-13-7-12(15-8-16-13)17-11-4-5-14-10(3)6-11/h7-11,14H,4-6H2,1-3H3,(H,15,16,17). The van der Waals surface area contributed by atoms with E-state index >= 15 is 0 Å². The molecule has 1 saturated heterocycles. The van der Waals surface area contributed by atoms with Crippen LogP contribution in [0.3, 0.4) is 0 Å². The van der Waals surface area contributed by atoms with Crippen LogP contribution in [-0.4, -0.2) is 34.7 Å². The molecule has 0 spiro atoms. The molecule has 0 aliphatic carbocycles. The second-order valence-electron chi connectivity index (χ2n) is 5.13. The first-order chi connectivity index (χ1) is 8.63. The molecular weight excluding hydrogens is 228 g/mol. The molecule has 5 nitrogen and oxygen atoms in total. The van der Waals surface area contributed by atoms with Crippen molar-refractivity contribution in [2.24, 2.45) is 0 Å². The lowest BCUT2D eigenvalue weighted by Crippen LogP contribution is -2.41. The van der Waals surface area contributed by atoms with E-state index in [2.05, 4.69) is 27.5 Å². The second kappa shape index (κ2) is 6.00. The Morgan fingerprint density at radius 2 is 2.28 bits per heavy atom. The third-order valence-corrected chi connectivity index (χ3v) is 2.97. The highest BCUT2D eigenvalue weighted by atomic mass is 16.5. The second-order valence-corrected chi connectivity index (χ2v) is 5.13. The summed E-state index contributed by atoms with van der Waals surface area (Å²) >= 11 is 0. The predicted molar refractivity (Wildman–Crippen MR) is 71.9 cm³/mol. The fourth-order valence-corrected chi connectivity index (χ4v) is 2.20. The Morgan fingerprint density at radius 3 is 3.00 bits per heavy atom. The largest absolute Gasteiger partial charge is 0.475 e. The van der Waals surface area contributed by atoms with Crippen LogP contribution in [0.15, 0.2) is 12.4 Å². The molecule has 0 saturated carbocycles. The van der Waals surface area contributed by atoms with Crippen molar-refractivity contribution in [3.63, 3.8) is 0 Å². The minimum Gasteiger partial charge on any atom is -0.475 e. The summed E-state index contributed by atoms with van der Waals surface area (Å²) in [5.41, 5.74) is 0. The number of piperidine rings is 1. The Labute approximate surface area is 108 Å². The molecule has 0 radical (unpaired) electrons. The summed E-state index contributed by atoms with van der Waals surface area (Å²) in [4.78, 5) is 8.35. The van der Waals surface area contributed by atoms with Gasteiger partial charge in [-0.2, -0.15) is 0 Å². The van der Waals surface area contributed by atoms with Gasteiger partial charge in [0.25, 0.3) is 0 Å². The van der Waals surface area contributed by atoms with Gasteiger partial charge in [0, 0.05) is 18.2 Å². The smallest absolute Gasteiger partial charge is 0.218 e. The summed E-state index contributed by atoms with van der Waals surface area (Å²) in [6.07, 6.45) is 3.91. The first-order valence-corrected chi connectivity index (χ1v) is 6.62. The number of aromatic nitrogens is 2. The van der Waals surface area contributed by atoms with Crippen molar-refractivity contribution in [1.82, 2.24) is 15.3 Å². The minimum atomic E-state index is 0.131. The summed E-state index contributed by atoms with van der Waals surface area (Å²) in [5.74, 6) is 1.48. The predicted octanol–water partition coefficient (Wildman–Crippen LogP) is 1.82. The molecule has 0 amide bonds. The lowest BCUT2D eigenvalue weighted by molar-refractivity contribution is 0.232. The molecule has 2 N–H and O–H groups in total. The van der Waals surface area contributed by atoms with Crippen LogP contribution in [0.25, 0.3) is 0 Å². The van der Waals surface area contributed by atoms with E-state index < -0.39 is 0 Å². The summed E-state index contributed by atoms with van der Waals surface area (Å²) in [6, 6.07) is 2.90. The van der Waals surface area contributed by atoms with Gasteiger partial charge in [0.15, 0.2) is 0 Å². The van der Waals surface area contributed by atoms with Gasteiger partial charge in [-0.15, -0.1) is 0 Å². The van der Waals surface area contributed by atoms with E-state index in [9.17, 15) is 0 Å². The van der Waals surface area contributed by atoms with Crippen molar-refractivity contribution in [2.45, 2.75) is 51.8 Å². The minimum absolute atomic E-state index is 0.131. The molecule has 2 rings (SSSR count). The number of rotatable bonds is 4. The number of hydrogen-bond donors (Lipinski definition) is 2. The van der Waals surface area contributed by atoms with Crippen LogP contribution in [0.2, 0.25) is 0 Å². The normalized spacial score (nSPS) is 24.0. The van der Waals surface area contributed by atoms with Crippen LogP contribution in [-0.2, 0) is 0 Å². The zero-order valence-electron chi connectivity index (χ0n) is 11.3. The highest BCUT2D eigenvalue weighted by Gasteiger charge is 2.18. The third kappa shape index (κ3) is 3.84. The Morgan fingerprint density at radius 1 is 1.44 bits per heavy atom. The van der Waals surface area contributed by atoms with E-state index in [0.29, 0.717) is 18.0 Å². The average Bonchev–Trinajstić information content (AvgIpc) is 2.28. The molecule has 18 heavy (non-hydrogen) atoms. The first kappa shape index (κ1) is 13.1. The van der Waals surface area contributed by atoms with Crippen LogP contribution < -0.4 is 15.4 Å². The van der Waals surface area contributed by atoms with Gasteiger partial charge in [0.05, 0.1) is 6.10 Å². The molecule has 2 unspecified atom stereocenters. The first-order valence-electron chi connectivity index (χ1n) is 6.62. The van der Waals surface area contributed by atoms with Crippen LogP contribution in [0.4, 0.5) is 5.82 Å². The topological polar surface area (TPSA) is 59.1 Å². The SMILES string of the molecule is CC1CC(Nc2cc(OC(C)C)ncn2)CCN1. The quantitative estimate of drug-likeness (QED) is 0.853. The molecule has 1 aromatic rings. The number of anilines is 1. The van der Waals surface area contributed by atoms with Gasteiger partial charge in [-0.3, -0.25) is 0 Å². The average molecular weight is 250 g/mol. The molecule has 1 fully saturated rings. The maximum Gasteiger partial charge on any atom is 0.218 e. The molecule has 5 heteroatoms. The van der Waals surface area contributed by atoms with E-state index in [1.54, 1.807) is 6.33 Å². The molecule has 2 heterocycles. The molecule has 0 aromatic carbocycles. The monoisotopic (exact) mass is 250 g/mol. The van der Waals surface area contributed by atoms with Crippen molar-refractivity contribution in [1.29, 1.82) is 0 Å². The van der Waals surface area contributed by atoms with Crippen molar-refractivity contribution in [3.05, 3.63) is 12.4 Å². The number of nitrogens with zero attached hydrogens (tertiary/aromatic N) is 2. The number of nitrogens with one attached hydrogen (secondary N) is 2. The molecule has 100 valence electrons. The van der Waals surface area contributed by atoms with Crippen molar-refractivity contribution in [2.75, 3.05) is 11.9 Å². The summed E-state index contributed by atoms with van der Waals surface area (Å²) in [7, 11) is 0. The molecular formula is C13H22N4O. The maximum absolute atomic E-state index is 5.56. The van der Waals surface area contributed by atoms with Crippen LogP contribution in [0.1, 0.15) is 33.6 Å². The lowest BCUT2D eigenvalue weighted by atomic mass is 10.0. The fraction of sp³-hybridized carbons (Fsp3) is 0.692. The van der Waals surface area contributed by atoms with Gasteiger partial charge in [-0.25, -0.2) is 9.97 Å². The molecule has 1 aliphatic rings. The highest BCUT2D eigenvalue weighted by Crippen LogP contribution is 2.17. The van der Waals surface area contributed by atoms with E-state index in [4.69, 9.17) is 4.74 Å². The van der Waals surface area contributed by atoms with Crippen molar-refractivity contribution in [3.8, 4) is 5.88 Å². The van der Waals surface area contributed by atoms with Gasteiger partial charge in [-0.05, 0) is 40.2 Å². The molecule has 1 aromatic heterocycles. The Balaban J connectivity index is 1.96. The lowest BCUT2D eigenvalue weighted by Gasteiger charge is -2.29. The Bertz CT molecular complexity index is 383. The van der Waals surface area contributed by atoms with Gasteiger partial charge in [-0.1, -0.05) is 0 Å². The summed E-state index contributed by atoms with van der Waals surface area (Å²) < 4.78 is 5.56. The summed E-state index contributed by atoms with van der Waals surface area (Å²) in [5, 5.41) is 6.89. The van der Waals surface area contributed by atoms with E-state index in [1.807, 2.05) is 19.9 Å².